The molecule has 30 heavy (non-hydrogen) atoms. The van der Waals surface area contributed by atoms with Crippen LogP contribution in [0.15, 0.2) is 42.9 Å². The van der Waals surface area contributed by atoms with E-state index >= 15 is 0 Å². The number of ether oxygens (including phenoxy) is 1. The SMILES string of the molecule is Cn1cnc2c(N3CC4(COC4)C3)nc(C#Cc3nc(-c4ccccc4)c[nH]3)nc21. The molecule has 0 atom stereocenters. The van der Waals surface area contributed by atoms with Crippen LogP contribution >= 0.6 is 0 Å². The third-order valence-corrected chi connectivity index (χ3v) is 5.65. The predicted molar refractivity (Wildman–Crippen MR) is 112 cm³/mol. The fourth-order valence-corrected chi connectivity index (χ4v) is 4.01. The first-order valence-corrected chi connectivity index (χ1v) is 9.84. The molecule has 2 aliphatic heterocycles. The molecule has 0 bridgehead atoms. The monoisotopic (exact) mass is 397 g/mol. The second-order valence-corrected chi connectivity index (χ2v) is 8.00. The fraction of sp³-hybridized carbons (Fsp3) is 0.273. The Bertz CT molecular complexity index is 1300. The third kappa shape index (κ3) is 2.75. The summed E-state index contributed by atoms with van der Waals surface area (Å²) >= 11 is 0. The molecule has 148 valence electrons. The Kier molecular flexibility index (Phi) is 3.67. The van der Waals surface area contributed by atoms with Gasteiger partial charge in [-0.2, -0.15) is 0 Å². The molecule has 1 spiro atoms. The summed E-state index contributed by atoms with van der Waals surface area (Å²) in [5.74, 6) is 8.01. The van der Waals surface area contributed by atoms with E-state index in [0.717, 1.165) is 54.5 Å². The van der Waals surface area contributed by atoms with Gasteiger partial charge in [-0.25, -0.2) is 19.9 Å². The number of aromatic amines is 1. The smallest absolute Gasteiger partial charge is 0.209 e. The van der Waals surface area contributed by atoms with Gasteiger partial charge in [0.2, 0.25) is 5.82 Å². The van der Waals surface area contributed by atoms with Crippen molar-refractivity contribution in [3.63, 3.8) is 0 Å². The summed E-state index contributed by atoms with van der Waals surface area (Å²) in [5.41, 5.74) is 3.78. The van der Waals surface area contributed by atoms with E-state index in [1.807, 2.05) is 48.1 Å². The number of benzene rings is 1. The zero-order chi connectivity index (χ0) is 20.1. The zero-order valence-corrected chi connectivity index (χ0v) is 16.5. The fourth-order valence-electron chi connectivity index (χ4n) is 4.01. The molecule has 1 N–H and O–H groups in total. The molecule has 0 saturated carbocycles. The lowest BCUT2D eigenvalue weighted by Crippen LogP contribution is -2.66. The quantitative estimate of drug-likeness (QED) is 0.521. The van der Waals surface area contributed by atoms with Crippen molar-refractivity contribution in [1.29, 1.82) is 0 Å². The number of fused-ring (bicyclic) bond motifs is 1. The Morgan fingerprint density at radius 2 is 1.90 bits per heavy atom. The first kappa shape index (κ1) is 17.2. The largest absolute Gasteiger partial charge is 0.380 e. The summed E-state index contributed by atoms with van der Waals surface area (Å²) in [6.07, 6.45) is 3.62. The Labute approximate surface area is 173 Å². The topological polar surface area (TPSA) is 84.8 Å². The minimum Gasteiger partial charge on any atom is -0.380 e. The average Bonchev–Trinajstić information content (AvgIpc) is 3.32. The normalized spacial score (nSPS) is 16.8. The average molecular weight is 397 g/mol. The summed E-state index contributed by atoms with van der Waals surface area (Å²) < 4.78 is 7.29. The van der Waals surface area contributed by atoms with Crippen molar-refractivity contribution in [3.05, 3.63) is 54.5 Å². The van der Waals surface area contributed by atoms with Gasteiger partial charge < -0.3 is 19.2 Å². The number of nitrogens with one attached hydrogen (secondary N) is 1. The zero-order valence-electron chi connectivity index (χ0n) is 16.5. The Morgan fingerprint density at radius 1 is 1.07 bits per heavy atom. The standard InChI is InChI=1S/C22H19N7O/c1-28-14-24-19-20(28)26-18(27-21(19)29-10-22(11-29)12-30-13-22)8-7-17-23-9-16(25-17)15-5-3-2-4-6-15/h2-6,9,14H,10-13H2,1H3,(H,23,25). The lowest BCUT2D eigenvalue weighted by Gasteiger charge is -2.55. The molecule has 0 radical (unpaired) electrons. The van der Waals surface area contributed by atoms with Crippen LogP contribution in [-0.4, -0.2) is 55.8 Å². The summed E-state index contributed by atoms with van der Waals surface area (Å²) in [7, 11) is 1.93. The Morgan fingerprint density at radius 3 is 2.67 bits per heavy atom. The Balaban J connectivity index is 1.33. The molecule has 0 amide bonds. The molecule has 0 unspecified atom stereocenters. The van der Waals surface area contributed by atoms with E-state index in [-0.39, 0.29) is 0 Å². The van der Waals surface area contributed by atoms with Crippen molar-refractivity contribution in [3.8, 4) is 23.1 Å². The van der Waals surface area contributed by atoms with E-state index < -0.39 is 0 Å². The molecule has 6 rings (SSSR count). The number of hydrogen-bond donors (Lipinski definition) is 1. The van der Waals surface area contributed by atoms with Crippen LogP contribution in [0.4, 0.5) is 5.82 Å². The van der Waals surface area contributed by atoms with Crippen molar-refractivity contribution in [2.24, 2.45) is 12.5 Å². The minimum absolute atomic E-state index is 0.292. The number of aromatic nitrogens is 6. The van der Waals surface area contributed by atoms with Crippen LogP contribution in [0, 0.1) is 17.3 Å². The van der Waals surface area contributed by atoms with Crippen LogP contribution in [0.25, 0.3) is 22.4 Å². The van der Waals surface area contributed by atoms with Crippen LogP contribution in [0.2, 0.25) is 0 Å². The highest BCUT2D eigenvalue weighted by atomic mass is 16.5. The molecular formula is C22H19N7O. The predicted octanol–water partition coefficient (Wildman–Crippen LogP) is 1.99. The van der Waals surface area contributed by atoms with Gasteiger partial charge >= 0.3 is 0 Å². The first-order chi connectivity index (χ1) is 14.7. The highest BCUT2D eigenvalue weighted by Crippen LogP contribution is 2.41. The van der Waals surface area contributed by atoms with Gasteiger partial charge in [-0.1, -0.05) is 30.3 Å². The summed E-state index contributed by atoms with van der Waals surface area (Å²) in [6.45, 7) is 3.52. The molecule has 3 aromatic heterocycles. The lowest BCUT2D eigenvalue weighted by atomic mass is 9.78. The van der Waals surface area contributed by atoms with Crippen molar-refractivity contribution in [1.82, 2.24) is 29.5 Å². The number of H-pyrrole nitrogens is 1. The summed E-state index contributed by atoms with van der Waals surface area (Å²) in [6, 6.07) is 10.0. The number of hydrogen-bond acceptors (Lipinski definition) is 6. The maximum Gasteiger partial charge on any atom is 0.209 e. The highest BCUT2D eigenvalue weighted by molar-refractivity contribution is 5.84. The van der Waals surface area contributed by atoms with Gasteiger partial charge in [0.05, 0.1) is 30.7 Å². The maximum atomic E-state index is 5.39. The van der Waals surface area contributed by atoms with Crippen LogP contribution in [0.3, 0.4) is 0 Å². The lowest BCUT2D eigenvalue weighted by molar-refractivity contribution is -0.127. The van der Waals surface area contributed by atoms with E-state index in [9.17, 15) is 0 Å². The molecule has 8 heteroatoms. The van der Waals surface area contributed by atoms with Crippen molar-refractivity contribution in [2.75, 3.05) is 31.2 Å². The van der Waals surface area contributed by atoms with Crippen LogP contribution < -0.4 is 4.90 Å². The maximum absolute atomic E-state index is 5.39. The molecule has 5 heterocycles. The number of anilines is 1. The summed E-state index contributed by atoms with van der Waals surface area (Å²) in [5, 5.41) is 0. The van der Waals surface area contributed by atoms with Gasteiger partial charge in [0.15, 0.2) is 22.8 Å². The minimum atomic E-state index is 0.292. The second kappa shape index (κ2) is 6.40. The molecule has 8 nitrogen and oxygen atoms in total. The third-order valence-electron chi connectivity index (χ3n) is 5.65. The molecule has 1 aromatic carbocycles. The molecule has 0 aliphatic carbocycles. The van der Waals surface area contributed by atoms with E-state index in [2.05, 4.69) is 36.7 Å². The Hall–Kier alpha value is -3.70. The molecule has 2 saturated heterocycles. The van der Waals surface area contributed by atoms with Crippen molar-refractivity contribution < 1.29 is 4.74 Å². The van der Waals surface area contributed by atoms with Crippen LogP contribution in [0.1, 0.15) is 11.6 Å². The van der Waals surface area contributed by atoms with Crippen molar-refractivity contribution >= 4 is 17.0 Å². The van der Waals surface area contributed by atoms with Crippen molar-refractivity contribution in [2.45, 2.75) is 0 Å². The molecule has 4 aromatic rings. The van der Waals surface area contributed by atoms with Gasteiger partial charge in [0.25, 0.3) is 0 Å². The first-order valence-electron chi connectivity index (χ1n) is 9.84. The number of imidazole rings is 2. The van der Waals surface area contributed by atoms with Gasteiger partial charge in [0.1, 0.15) is 0 Å². The summed E-state index contributed by atoms with van der Waals surface area (Å²) in [4.78, 5) is 23.8. The van der Waals surface area contributed by atoms with Crippen LogP contribution in [0.5, 0.6) is 0 Å². The second-order valence-electron chi connectivity index (χ2n) is 8.00. The highest BCUT2D eigenvalue weighted by Gasteiger charge is 2.50. The number of rotatable bonds is 2. The van der Waals surface area contributed by atoms with E-state index in [1.165, 1.54) is 0 Å². The molecule has 2 aliphatic rings. The van der Waals surface area contributed by atoms with Gasteiger partial charge in [-0.3, -0.25) is 0 Å². The molecular weight excluding hydrogens is 378 g/mol. The number of nitrogens with zero attached hydrogens (tertiary/aromatic N) is 6. The van der Waals surface area contributed by atoms with Gasteiger partial charge in [-0.15, -0.1) is 0 Å². The van der Waals surface area contributed by atoms with E-state index in [4.69, 9.17) is 9.72 Å². The van der Waals surface area contributed by atoms with E-state index in [0.29, 0.717) is 17.1 Å². The van der Waals surface area contributed by atoms with Crippen LogP contribution in [-0.2, 0) is 11.8 Å². The molecule has 2 fully saturated rings. The van der Waals surface area contributed by atoms with E-state index in [1.54, 1.807) is 6.33 Å². The van der Waals surface area contributed by atoms with Gasteiger partial charge in [0, 0.05) is 31.9 Å². The number of aryl methyl sites for hydroxylation is 1. The van der Waals surface area contributed by atoms with Gasteiger partial charge in [-0.05, 0) is 11.8 Å².